The second-order valence-corrected chi connectivity index (χ2v) is 3.78. The largest absolute Gasteiger partial charge is 0.506 e. The monoisotopic (exact) mass is 209 g/mol. The third-order valence-corrected chi connectivity index (χ3v) is 2.85. The quantitative estimate of drug-likeness (QED) is 0.626. The first kappa shape index (κ1) is 8.83. The second kappa shape index (κ2) is 2.88. The van der Waals surface area contributed by atoms with Crippen LogP contribution in [0.3, 0.4) is 0 Å². The van der Waals surface area contributed by atoms with Gasteiger partial charge in [0.15, 0.2) is 0 Å². The topological polar surface area (TPSA) is 83.6 Å². The van der Waals surface area contributed by atoms with E-state index >= 15 is 0 Å². The Bertz CT molecular complexity index is 518. The lowest BCUT2D eigenvalue weighted by Gasteiger charge is -1.99. The zero-order valence-electron chi connectivity index (χ0n) is 7.02. The van der Waals surface area contributed by atoms with Crippen molar-refractivity contribution in [2.75, 3.05) is 5.73 Å². The second-order valence-electron chi connectivity index (χ2n) is 2.86. The van der Waals surface area contributed by atoms with E-state index in [1.807, 2.05) is 0 Å². The van der Waals surface area contributed by atoms with Gasteiger partial charge in [-0.2, -0.15) is 0 Å². The maximum atomic E-state index is 10.7. The van der Waals surface area contributed by atoms with Gasteiger partial charge in [0, 0.05) is 15.8 Å². The predicted molar refractivity (Wildman–Crippen MR) is 54.9 cm³/mol. The Balaban J connectivity index is 2.80. The summed E-state index contributed by atoms with van der Waals surface area (Å²) in [5.74, 6) is -0.925. The van der Waals surface area contributed by atoms with Crippen LogP contribution in [-0.4, -0.2) is 16.2 Å². The van der Waals surface area contributed by atoms with E-state index in [1.165, 1.54) is 28.8 Å². The molecule has 0 saturated carbocycles. The van der Waals surface area contributed by atoms with Gasteiger partial charge in [0.25, 0.3) is 0 Å². The van der Waals surface area contributed by atoms with Crippen LogP contribution < -0.4 is 5.73 Å². The summed E-state index contributed by atoms with van der Waals surface area (Å²) in [6.45, 7) is 0. The van der Waals surface area contributed by atoms with E-state index in [0.717, 1.165) is 0 Å². The number of anilines is 1. The molecular formula is C9H7NO3S. The van der Waals surface area contributed by atoms with Crippen molar-refractivity contribution >= 4 is 33.1 Å². The molecule has 72 valence electrons. The van der Waals surface area contributed by atoms with Crippen molar-refractivity contribution in [2.24, 2.45) is 0 Å². The molecule has 1 aromatic carbocycles. The van der Waals surface area contributed by atoms with Gasteiger partial charge in [0.2, 0.25) is 0 Å². The normalized spacial score (nSPS) is 10.6. The van der Waals surface area contributed by atoms with Gasteiger partial charge in [0.1, 0.15) is 5.75 Å². The zero-order chi connectivity index (χ0) is 10.3. The van der Waals surface area contributed by atoms with Crippen LogP contribution in [0.2, 0.25) is 0 Å². The highest BCUT2D eigenvalue weighted by atomic mass is 32.1. The molecule has 0 amide bonds. The summed E-state index contributed by atoms with van der Waals surface area (Å²) >= 11 is 1.27. The van der Waals surface area contributed by atoms with E-state index in [2.05, 4.69) is 0 Å². The van der Waals surface area contributed by atoms with Crippen molar-refractivity contribution in [3.05, 3.63) is 23.1 Å². The van der Waals surface area contributed by atoms with Crippen molar-refractivity contribution in [3.8, 4) is 5.75 Å². The Hall–Kier alpha value is -1.75. The summed E-state index contributed by atoms with van der Waals surface area (Å²) < 4.78 is 0.680. The van der Waals surface area contributed by atoms with E-state index in [1.54, 1.807) is 0 Å². The minimum atomic E-state index is -1.02. The number of hydrogen-bond acceptors (Lipinski definition) is 4. The molecule has 0 fully saturated rings. The highest BCUT2D eigenvalue weighted by molar-refractivity contribution is 7.17. The number of thiophene rings is 1. The Morgan fingerprint density at radius 1 is 1.43 bits per heavy atom. The fourth-order valence-corrected chi connectivity index (χ4v) is 2.20. The number of carboxylic acids is 1. The summed E-state index contributed by atoms with van der Waals surface area (Å²) in [5.41, 5.74) is 6.05. The van der Waals surface area contributed by atoms with Gasteiger partial charge >= 0.3 is 5.97 Å². The Labute approximate surface area is 83.2 Å². The summed E-state index contributed by atoms with van der Waals surface area (Å²) in [7, 11) is 0. The first-order valence-corrected chi connectivity index (χ1v) is 4.70. The molecule has 1 aromatic heterocycles. The first-order chi connectivity index (χ1) is 6.59. The van der Waals surface area contributed by atoms with Gasteiger partial charge in [-0.25, -0.2) is 4.79 Å². The van der Waals surface area contributed by atoms with Crippen LogP contribution in [0, 0.1) is 0 Å². The van der Waals surface area contributed by atoms with Crippen LogP contribution in [0.15, 0.2) is 17.5 Å². The fraction of sp³-hybridized carbons (Fsp3) is 0. The number of hydrogen-bond donors (Lipinski definition) is 3. The van der Waals surface area contributed by atoms with E-state index in [4.69, 9.17) is 10.8 Å². The number of nitrogen functional groups attached to an aromatic ring is 1. The number of fused-ring (bicyclic) bond motifs is 1. The molecule has 0 unspecified atom stereocenters. The number of benzene rings is 1. The van der Waals surface area contributed by atoms with E-state index in [-0.39, 0.29) is 11.3 Å². The van der Waals surface area contributed by atoms with Gasteiger partial charge < -0.3 is 15.9 Å². The van der Waals surface area contributed by atoms with Crippen LogP contribution in [0.1, 0.15) is 10.4 Å². The average Bonchev–Trinajstić information content (AvgIpc) is 2.48. The zero-order valence-corrected chi connectivity index (χ0v) is 7.84. The Kier molecular flexibility index (Phi) is 1.82. The minimum absolute atomic E-state index is 0.0967. The molecule has 5 heteroatoms. The number of carboxylic acid groups (broad SMARTS) is 1. The number of rotatable bonds is 1. The predicted octanol–water partition coefficient (Wildman–Crippen LogP) is 1.89. The molecule has 4 N–H and O–H groups in total. The molecule has 0 atom stereocenters. The van der Waals surface area contributed by atoms with E-state index in [9.17, 15) is 9.90 Å². The number of nitrogens with two attached hydrogens (primary N) is 1. The van der Waals surface area contributed by atoms with Gasteiger partial charge in [-0.05, 0) is 12.1 Å². The average molecular weight is 209 g/mol. The Morgan fingerprint density at radius 2 is 2.14 bits per heavy atom. The molecule has 1 heterocycles. The van der Waals surface area contributed by atoms with Gasteiger partial charge in [-0.1, -0.05) is 0 Å². The summed E-state index contributed by atoms with van der Waals surface area (Å²) in [5, 5.41) is 20.2. The molecular weight excluding hydrogens is 202 g/mol. The molecule has 2 rings (SSSR count). The summed E-state index contributed by atoms with van der Waals surface area (Å²) in [6.07, 6.45) is 0. The van der Waals surface area contributed by atoms with Crippen molar-refractivity contribution in [1.82, 2.24) is 0 Å². The lowest BCUT2D eigenvalue weighted by molar-refractivity contribution is 0.0697. The smallest absolute Gasteiger partial charge is 0.335 e. The number of aromatic carboxylic acids is 1. The SMILES string of the molecule is Nc1cc(C(=O)O)cc2scc(O)c12. The highest BCUT2D eigenvalue weighted by Gasteiger charge is 2.11. The van der Waals surface area contributed by atoms with Crippen molar-refractivity contribution in [3.63, 3.8) is 0 Å². The molecule has 0 aliphatic carbocycles. The molecule has 0 spiro atoms. The molecule has 4 nitrogen and oxygen atoms in total. The number of aromatic hydroxyl groups is 1. The minimum Gasteiger partial charge on any atom is -0.506 e. The molecule has 0 bridgehead atoms. The van der Waals surface area contributed by atoms with E-state index < -0.39 is 5.97 Å². The standard InChI is InChI=1S/C9H7NO3S/c10-5-1-4(9(12)13)2-7-8(5)6(11)3-14-7/h1-3,11H,10H2,(H,12,13). The fourth-order valence-electron chi connectivity index (χ4n) is 1.31. The molecule has 0 radical (unpaired) electrons. The van der Waals surface area contributed by atoms with E-state index in [0.29, 0.717) is 15.8 Å². The first-order valence-electron chi connectivity index (χ1n) is 3.82. The molecule has 0 aliphatic heterocycles. The maximum absolute atomic E-state index is 10.7. The van der Waals surface area contributed by atoms with Crippen LogP contribution in [-0.2, 0) is 0 Å². The maximum Gasteiger partial charge on any atom is 0.335 e. The van der Waals surface area contributed by atoms with Crippen LogP contribution in [0.4, 0.5) is 5.69 Å². The highest BCUT2D eigenvalue weighted by Crippen LogP contribution is 2.36. The van der Waals surface area contributed by atoms with Crippen LogP contribution in [0.25, 0.3) is 10.1 Å². The summed E-state index contributed by atoms with van der Waals surface area (Å²) in [4.78, 5) is 10.7. The lowest BCUT2D eigenvalue weighted by atomic mass is 10.1. The lowest BCUT2D eigenvalue weighted by Crippen LogP contribution is -1.97. The molecule has 2 aromatic rings. The third-order valence-electron chi connectivity index (χ3n) is 1.93. The van der Waals surface area contributed by atoms with Gasteiger partial charge in [0.05, 0.1) is 10.9 Å². The Morgan fingerprint density at radius 3 is 2.79 bits per heavy atom. The van der Waals surface area contributed by atoms with Crippen LogP contribution in [0.5, 0.6) is 5.75 Å². The molecule has 0 saturated heterocycles. The summed E-state index contributed by atoms with van der Waals surface area (Å²) in [6, 6.07) is 2.84. The van der Waals surface area contributed by atoms with Crippen molar-refractivity contribution < 1.29 is 15.0 Å². The third kappa shape index (κ3) is 1.18. The van der Waals surface area contributed by atoms with Crippen molar-refractivity contribution in [2.45, 2.75) is 0 Å². The van der Waals surface area contributed by atoms with Gasteiger partial charge in [-0.3, -0.25) is 0 Å². The van der Waals surface area contributed by atoms with Crippen LogP contribution >= 0.6 is 11.3 Å². The molecule has 0 aliphatic rings. The van der Waals surface area contributed by atoms with Crippen molar-refractivity contribution in [1.29, 1.82) is 0 Å². The van der Waals surface area contributed by atoms with Gasteiger partial charge in [-0.15, -0.1) is 11.3 Å². The molecule has 14 heavy (non-hydrogen) atoms. The number of carbonyl (C=O) groups is 1.